The van der Waals surface area contributed by atoms with Crippen molar-refractivity contribution in [3.05, 3.63) is 17.8 Å². The van der Waals surface area contributed by atoms with Gasteiger partial charge in [-0.3, -0.25) is 9.10 Å². The summed E-state index contributed by atoms with van der Waals surface area (Å²) in [7, 11) is 0. The summed E-state index contributed by atoms with van der Waals surface area (Å²) < 4.78 is 14.4. The molecule has 24 heavy (non-hydrogen) atoms. The lowest BCUT2D eigenvalue weighted by Crippen LogP contribution is -2.34. The van der Waals surface area contributed by atoms with Crippen molar-refractivity contribution in [3.63, 3.8) is 0 Å². The average molecular weight is 367 g/mol. The molecule has 1 saturated heterocycles. The molecule has 0 aromatic carbocycles. The molecule has 1 aliphatic heterocycles. The predicted octanol–water partition coefficient (Wildman–Crippen LogP) is 3.14. The van der Waals surface area contributed by atoms with Crippen molar-refractivity contribution >= 4 is 39.5 Å². The Kier molecular flexibility index (Phi) is 6.28. The van der Waals surface area contributed by atoms with Crippen LogP contribution in [0.1, 0.15) is 26.2 Å². The molecule has 6 nitrogen and oxygen atoms in total. The van der Waals surface area contributed by atoms with E-state index in [0.717, 1.165) is 41.9 Å². The van der Waals surface area contributed by atoms with Gasteiger partial charge in [-0.2, -0.15) is 0 Å². The second-order valence-electron chi connectivity index (χ2n) is 5.45. The van der Waals surface area contributed by atoms with Crippen LogP contribution in [-0.4, -0.2) is 51.8 Å². The highest BCUT2D eigenvalue weighted by molar-refractivity contribution is 7.97. The quantitative estimate of drug-likeness (QED) is 0.550. The van der Waals surface area contributed by atoms with Crippen molar-refractivity contribution < 1.29 is 14.3 Å². The Balaban J connectivity index is 1.42. The Morgan fingerprint density at radius 2 is 2.25 bits per heavy atom. The molecule has 130 valence electrons. The smallest absolute Gasteiger partial charge is 0.306 e. The summed E-state index contributed by atoms with van der Waals surface area (Å²) in [5.74, 6) is 1.35. The number of rotatable bonds is 7. The van der Waals surface area contributed by atoms with E-state index in [1.165, 1.54) is 0 Å². The summed E-state index contributed by atoms with van der Waals surface area (Å²) in [6.45, 7) is 4.19. The Bertz CT molecular complexity index is 671. The van der Waals surface area contributed by atoms with E-state index >= 15 is 0 Å². The van der Waals surface area contributed by atoms with Crippen LogP contribution in [-0.2, 0) is 9.53 Å². The van der Waals surface area contributed by atoms with Gasteiger partial charge < -0.3 is 9.47 Å². The zero-order chi connectivity index (χ0) is 16.8. The lowest BCUT2D eigenvalue weighted by atomic mass is 10.1. The molecule has 0 N–H and O–H groups in total. The maximum Gasteiger partial charge on any atom is 0.306 e. The van der Waals surface area contributed by atoms with Gasteiger partial charge in [0.25, 0.3) is 0 Å². The number of carbonyl (C=O) groups excluding carboxylic acids is 1. The second-order valence-corrected chi connectivity index (χ2v) is 7.55. The first-order valence-electron chi connectivity index (χ1n) is 8.14. The van der Waals surface area contributed by atoms with Gasteiger partial charge in [-0.25, -0.2) is 9.97 Å². The number of hydrogen-bond donors (Lipinski definition) is 0. The molecule has 0 saturated carbocycles. The van der Waals surface area contributed by atoms with Crippen LogP contribution in [0.4, 0.5) is 0 Å². The topological polar surface area (TPSA) is 64.5 Å². The van der Waals surface area contributed by atoms with E-state index in [2.05, 4.69) is 14.3 Å². The fourth-order valence-corrected chi connectivity index (χ4v) is 4.34. The zero-order valence-corrected chi connectivity index (χ0v) is 15.3. The summed E-state index contributed by atoms with van der Waals surface area (Å²) in [4.78, 5) is 19.9. The molecule has 0 atom stereocenters. The standard InChI is InChI=1S/C16H21N3O3S2/c1-2-21-14(20)6-10-24-19-7-3-12(4-8-19)22-16-15-13(5-9-23-15)17-11-18-16/h5,9,11-12H,2-4,6-8,10H2,1H3. The molecular formula is C16H21N3O3S2. The molecule has 2 aromatic rings. The van der Waals surface area contributed by atoms with E-state index in [0.29, 0.717) is 18.9 Å². The number of carbonyl (C=O) groups is 1. The third kappa shape index (κ3) is 4.58. The van der Waals surface area contributed by atoms with Crippen molar-refractivity contribution in [3.8, 4) is 5.88 Å². The number of aromatic nitrogens is 2. The van der Waals surface area contributed by atoms with Crippen LogP contribution < -0.4 is 4.74 Å². The van der Waals surface area contributed by atoms with Gasteiger partial charge in [0.05, 0.1) is 18.5 Å². The van der Waals surface area contributed by atoms with Gasteiger partial charge in [0, 0.05) is 18.8 Å². The van der Waals surface area contributed by atoms with Gasteiger partial charge >= 0.3 is 5.97 Å². The van der Waals surface area contributed by atoms with Crippen molar-refractivity contribution in [2.75, 3.05) is 25.4 Å². The van der Waals surface area contributed by atoms with E-state index in [1.807, 2.05) is 18.4 Å². The van der Waals surface area contributed by atoms with E-state index in [1.54, 1.807) is 29.6 Å². The van der Waals surface area contributed by atoms with E-state index in [4.69, 9.17) is 9.47 Å². The van der Waals surface area contributed by atoms with Crippen LogP contribution in [0.2, 0.25) is 0 Å². The third-order valence-corrected chi connectivity index (χ3v) is 5.78. The van der Waals surface area contributed by atoms with Crippen LogP contribution in [0.25, 0.3) is 10.2 Å². The minimum absolute atomic E-state index is 0.119. The predicted molar refractivity (Wildman–Crippen MR) is 96.3 cm³/mol. The number of esters is 1. The minimum atomic E-state index is -0.119. The SMILES string of the molecule is CCOC(=O)CCSN1CCC(Oc2ncnc3ccsc23)CC1. The number of fused-ring (bicyclic) bond motifs is 1. The molecule has 1 aliphatic rings. The van der Waals surface area contributed by atoms with Crippen molar-refractivity contribution in [2.45, 2.75) is 32.3 Å². The number of hydrogen-bond acceptors (Lipinski definition) is 8. The van der Waals surface area contributed by atoms with Crippen LogP contribution in [0.15, 0.2) is 17.8 Å². The molecule has 0 aliphatic carbocycles. The molecule has 3 heterocycles. The molecule has 0 amide bonds. The van der Waals surface area contributed by atoms with Crippen LogP contribution in [0.3, 0.4) is 0 Å². The average Bonchev–Trinajstić information content (AvgIpc) is 3.06. The van der Waals surface area contributed by atoms with E-state index in [-0.39, 0.29) is 12.1 Å². The number of thiophene rings is 1. The third-order valence-electron chi connectivity index (χ3n) is 3.78. The van der Waals surface area contributed by atoms with Gasteiger partial charge in [0.2, 0.25) is 5.88 Å². The summed E-state index contributed by atoms with van der Waals surface area (Å²) >= 11 is 3.33. The Labute approximate surface area is 149 Å². The highest BCUT2D eigenvalue weighted by Crippen LogP contribution is 2.29. The molecular weight excluding hydrogens is 346 g/mol. The first kappa shape index (κ1) is 17.4. The molecule has 0 bridgehead atoms. The number of ether oxygens (including phenoxy) is 2. The lowest BCUT2D eigenvalue weighted by Gasteiger charge is -2.30. The highest BCUT2D eigenvalue weighted by Gasteiger charge is 2.22. The van der Waals surface area contributed by atoms with Crippen molar-refractivity contribution in [1.82, 2.24) is 14.3 Å². The Morgan fingerprint density at radius 1 is 1.42 bits per heavy atom. The van der Waals surface area contributed by atoms with Gasteiger partial charge in [0.1, 0.15) is 17.1 Å². The van der Waals surface area contributed by atoms with Gasteiger partial charge in [-0.05, 0) is 31.2 Å². The monoisotopic (exact) mass is 367 g/mol. The largest absolute Gasteiger partial charge is 0.473 e. The maximum atomic E-state index is 11.3. The summed E-state index contributed by atoms with van der Waals surface area (Å²) in [5.41, 5.74) is 0.942. The number of piperidine rings is 1. The zero-order valence-electron chi connectivity index (χ0n) is 13.6. The van der Waals surface area contributed by atoms with Gasteiger partial charge in [-0.1, -0.05) is 11.9 Å². The van der Waals surface area contributed by atoms with Crippen LogP contribution in [0, 0.1) is 0 Å². The number of nitrogens with zero attached hydrogens (tertiary/aromatic N) is 3. The van der Waals surface area contributed by atoms with E-state index in [9.17, 15) is 4.79 Å². The summed E-state index contributed by atoms with van der Waals surface area (Å²) in [5, 5.41) is 2.01. The summed E-state index contributed by atoms with van der Waals surface area (Å²) in [6.07, 6.45) is 4.14. The lowest BCUT2D eigenvalue weighted by molar-refractivity contribution is -0.142. The van der Waals surface area contributed by atoms with Crippen LogP contribution >= 0.6 is 23.3 Å². The fraction of sp³-hybridized carbons (Fsp3) is 0.562. The van der Waals surface area contributed by atoms with Crippen molar-refractivity contribution in [1.29, 1.82) is 0 Å². The molecule has 0 unspecified atom stereocenters. The van der Waals surface area contributed by atoms with Gasteiger partial charge in [0.15, 0.2) is 0 Å². The normalized spacial score (nSPS) is 16.4. The highest BCUT2D eigenvalue weighted by atomic mass is 32.2. The maximum absolute atomic E-state index is 11.3. The molecule has 0 spiro atoms. The van der Waals surface area contributed by atoms with Gasteiger partial charge in [-0.15, -0.1) is 11.3 Å². The minimum Gasteiger partial charge on any atom is -0.473 e. The molecule has 8 heteroatoms. The molecule has 1 fully saturated rings. The second kappa shape index (κ2) is 8.64. The van der Waals surface area contributed by atoms with Crippen LogP contribution in [0.5, 0.6) is 5.88 Å². The van der Waals surface area contributed by atoms with Crippen molar-refractivity contribution in [2.24, 2.45) is 0 Å². The first-order valence-corrected chi connectivity index (χ1v) is 9.97. The summed E-state index contributed by atoms with van der Waals surface area (Å²) in [6, 6.07) is 1.98. The molecule has 3 rings (SSSR count). The Hall–Kier alpha value is -1.38. The molecule has 0 radical (unpaired) electrons. The fourth-order valence-electron chi connectivity index (χ4n) is 2.58. The Morgan fingerprint density at radius 3 is 3.04 bits per heavy atom. The first-order chi connectivity index (χ1) is 11.8. The molecule has 2 aromatic heterocycles. The van der Waals surface area contributed by atoms with E-state index < -0.39 is 0 Å².